The molecule has 0 unspecified atom stereocenters. The molecular weight excluding hydrogens is 382 g/mol. The Hall–Kier alpha value is -3.05. The highest BCUT2D eigenvalue weighted by Crippen LogP contribution is 2.33. The molecule has 0 aliphatic rings. The van der Waals surface area contributed by atoms with Gasteiger partial charge in [0, 0.05) is 15.2 Å². The van der Waals surface area contributed by atoms with Gasteiger partial charge in [-0.05, 0) is 36.9 Å². The van der Waals surface area contributed by atoms with Crippen LogP contribution < -0.4 is 10.1 Å². The number of hydrogen-bond donors (Lipinski definition) is 1. The van der Waals surface area contributed by atoms with Crippen molar-refractivity contribution in [1.82, 2.24) is 5.32 Å². The Morgan fingerprint density at radius 3 is 2.69 bits per heavy atom. The van der Waals surface area contributed by atoms with Gasteiger partial charge >= 0.3 is 0 Å². The molecule has 0 aliphatic carbocycles. The lowest BCUT2D eigenvalue weighted by atomic mass is 10.0. The van der Waals surface area contributed by atoms with Gasteiger partial charge in [-0.25, -0.2) is 0 Å². The average Bonchev–Trinajstić information content (AvgIpc) is 2.71. The van der Waals surface area contributed by atoms with E-state index in [0.717, 1.165) is 26.1 Å². The summed E-state index contributed by atoms with van der Waals surface area (Å²) in [4.78, 5) is 25.1. The van der Waals surface area contributed by atoms with Gasteiger partial charge in [-0.15, -0.1) is 0 Å². The number of rotatable bonds is 8. The first-order chi connectivity index (χ1) is 14.0. The number of carbonyl (C=O) groups excluding carboxylic acids is 2. The molecule has 3 aromatic rings. The largest absolute Gasteiger partial charge is 0.487 e. The van der Waals surface area contributed by atoms with Crippen LogP contribution in [0.2, 0.25) is 0 Å². The lowest BCUT2D eigenvalue weighted by molar-refractivity contribution is -0.107. The Bertz CT molecular complexity index is 1070. The molecule has 148 valence electrons. The Labute approximate surface area is 175 Å². The maximum atomic E-state index is 12.5. The number of ether oxygens (including phenoxy) is 1. The summed E-state index contributed by atoms with van der Waals surface area (Å²) in [6, 6.07) is 17.7. The Kier molecular flexibility index (Phi) is 6.73. The predicted octanol–water partition coefficient (Wildman–Crippen LogP) is 5.07. The molecule has 0 heterocycles. The van der Waals surface area contributed by atoms with Gasteiger partial charge in [0.2, 0.25) is 0 Å². The minimum absolute atomic E-state index is 0.0416. The second-order valence-electron chi connectivity index (χ2n) is 6.74. The smallest absolute Gasteiger partial charge is 0.255 e. The van der Waals surface area contributed by atoms with E-state index in [4.69, 9.17) is 4.74 Å². The fraction of sp³-hybridized carbons (Fsp3) is 0.167. The minimum Gasteiger partial charge on any atom is -0.487 e. The predicted molar refractivity (Wildman–Crippen MR) is 119 cm³/mol. The van der Waals surface area contributed by atoms with Crippen LogP contribution in [0.1, 0.15) is 21.5 Å². The molecule has 0 bridgehead atoms. The van der Waals surface area contributed by atoms with Crippen molar-refractivity contribution in [3.05, 3.63) is 82.8 Å². The maximum absolute atomic E-state index is 12.5. The molecule has 0 saturated carbocycles. The number of fused-ring (bicyclic) bond motifs is 1. The van der Waals surface area contributed by atoms with Crippen LogP contribution in [-0.2, 0) is 4.79 Å². The van der Waals surface area contributed by atoms with Crippen molar-refractivity contribution in [3.63, 3.8) is 0 Å². The number of amides is 1. The summed E-state index contributed by atoms with van der Waals surface area (Å²) >= 11 is 1.56. The molecule has 29 heavy (non-hydrogen) atoms. The number of aryl methyl sites for hydroxylation is 2. The van der Waals surface area contributed by atoms with Gasteiger partial charge in [0.05, 0.1) is 12.1 Å². The van der Waals surface area contributed by atoms with Crippen molar-refractivity contribution in [2.24, 2.45) is 0 Å². The standard InChI is InChI=1S/C24H23NO3S/c1-16-8-10-20-19(14-16)9-11-21(24(27)25-12-13-26)23(20)28-15-18(3)29-22-7-5-4-6-17(22)2/h4-11,13-14H,3,12,15H2,1-2H3,(H,25,27). The highest BCUT2D eigenvalue weighted by molar-refractivity contribution is 8.03. The third-order valence-corrected chi connectivity index (χ3v) is 5.53. The van der Waals surface area contributed by atoms with Crippen LogP contribution in [0.5, 0.6) is 5.75 Å². The quantitative estimate of drug-likeness (QED) is 0.420. The van der Waals surface area contributed by atoms with E-state index in [2.05, 4.69) is 24.9 Å². The van der Waals surface area contributed by atoms with Gasteiger partial charge < -0.3 is 14.8 Å². The van der Waals surface area contributed by atoms with E-state index < -0.39 is 0 Å². The molecular formula is C24H23NO3S. The number of hydrogen-bond acceptors (Lipinski definition) is 4. The number of thioether (sulfide) groups is 1. The van der Waals surface area contributed by atoms with Crippen LogP contribution in [0, 0.1) is 13.8 Å². The molecule has 0 aromatic heterocycles. The van der Waals surface area contributed by atoms with E-state index in [-0.39, 0.29) is 19.1 Å². The molecule has 0 atom stereocenters. The molecule has 3 rings (SSSR count). The maximum Gasteiger partial charge on any atom is 0.255 e. The van der Waals surface area contributed by atoms with Crippen LogP contribution in [0.3, 0.4) is 0 Å². The molecule has 4 nitrogen and oxygen atoms in total. The summed E-state index contributed by atoms with van der Waals surface area (Å²) < 4.78 is 6.10. The van der Waals surface area contributed by atoms with Gasteiger partial charge in [-0.3, -0.25) is 4.79 Å². The van der Waals surface area contributed by atoms with Crippen LogP contribution >= 0.6 is 11.8 Å². The van der Waals surface area contributed by atoms with Crippen molar-refractivity contribution < 1.29 is 14.3 Å². The van der Waals surface area contributed by atoms with Crippen LogP contribution in [-0.4, -0.2) is 25.3 Å². The topological polar surface area (TPSA) is 55.4 Å². The molecule has 3 aromatic carbocycles. The lowest BCUT2D eigenvalue weighted by Gasteiger charge is -2.16. The summed E-state index contributed by atoms with van der Waals surface area (Å²) in [6.07, 6.45) is 0.656. The molecule has 0 aliphatic heterocycles. The SMILES string of the molecule is C=C(COc1c(C(=O)NCC=O)ccc2cc(C)ccc12)Sc1ccccc1C. The zero-order chi connectivity index (χ0) is 20.8. The molecule has 0 saturated heterocycles. The summed E-state index contributed by atoms with van der Waals surface area (Å²) in [6.45, 7) is 8.41. The molecule has 5 heteroatoms. The van der Waals surface area contributed by atoms with Gasteiger partial charge in [-0.2, -0.15) is 0 Å². The number of carbonyl (C=O) groups is 2. The van der Waals surface area contributed by atoms with Gasteiger partial charge in [-0.1, -0.05) is 66.4 Å². The van der Waals surface area contributed by atoms with Crippen molar-refractivity contribution in [2.75, 3.05) is 13.2 Å². The van der Waals surface area contributed by atoms with Crippen LogP contribution in [0.15, 0.2) is 71.0 Å². The first-order valence-corrected chi connectivity index (χ1v) is 10.1. The van der Waals surface area contributed by atoms with E-state index in [1.807, 2.05) is 49.4 Å². The summed E-state index contributed by atoms with van der Waals surface area (Å²) in [5, 5.41) is 4.43. The molecule has 0 fully saturated rings. The molecule has 0 spiro atoms. The summed E-state index contributed by atoms with van der Waals surface area (Å²) in [5.41, 5.74) is 2.70. The van der Waals surface area contributed by atoms with Gasteiger partial charge in [0.15, 0.2) is 0 Å². The van der Waals surface area contributed by atoms with E-state index >= 15 is 0 Å². The van der Waals surface area contributed by atoms with Crippen LogP contribution in [0.4, 0.5) is 0 Å². The van der Waals surface area contributed by atoms with E-state index in [0.29, 0.717) is 17.6 Å². The van der Waals surface area contributed by atoms with Crippen molar-refractivity contribution in [2.45, 2.75) is 18.7 Å². The van der Waals surface area contributed by atoms with Gasteiger partial charge in [0.25, 0.3) is 5.91 Å². The second kappa shape index (κ2) is 9.43. The third-order valence-electron chi connectivity index (χ3n) is 4.44. The minimum atomic E-state index is -0.341. The Morgan fingerprint density at radius 1 is 1.14 bits per heavy atom. The lowest BCUT2D eigenvalue weighted by Crippen LogP contribution is -2.25. The first kappa shape index (κ1) is 20.7. The summed E-state index contributed by atoms with van der Waals surface area (Å²) in [7, 11) is 0. The zero-order valence-electron chi connectivity index (χ0n) is 16.5. The molecule has 0 radical (unpaired) electrons. The average molecular weight is 406 g/mol. The molecule has 1 amide bonds. The van der Waals surface area contributed by atoms with Crippen molar-refractivity contribution in [1.29, 1.82) is 0 Å². The fourth-order valence-electron chi connectivity index (χ4n) is 2.99. The monoisotopic (exact) mass is 405 g/mol. The van der Waals surface area contributed by atoms with E-state index in [1.165, 1.54) is 5.56 Å². The highest BCUT2D eigenvalue weighted by Gasteiger charge is 2.16. The normalized spacial score (nSPS) is 10.6. The number of aldehydes is 1. The number of benzene rings is 3. The number of nitrogens with one attached hydrogen (secondary N) is 1. The Morgan fingerprint density at radius 2 is 1.93 bits per heavy atom. The third kappa shape index (κ3) is 5.06. The fourth-order valence-corrected chi connectivity index (χ4v) is 3.80. The zero-order valence-corrected chi connectivity index (χ0v) is 17.3. The van der Waals surface area contributed by atoms with E-state index in [9.17, 15) is 9.59 Å². The van der Waals surface area contributed by atoms with E-state index in [1.54, 1.807) is 17.8 Å². The van der Waals surface area contributed by atoms with Gasteiger partial charge in [0.1, 0.15) is 18.6 Å². The first-order valence-electron chi connectivity index (χ1n) is 9.29. The summed E-state index contributed by atoms with van der Waals surface area (Å²) in [5.74, 6) is 0.157. The second-order valence-corrected chi connectivity index (χ2v) is 7.96. The Balaban J connectivity index is 1.87. The van der Waals surface area contributed by atoms with Crippen molar-refractivity contribution >= 4 is 34.7 Å². The highest BCUT2D eigenvalue weighted by atomic mass is 32.2. The van der Waals surface area contributed by atoms with Crippen molar-refractivity contribution in [3.8, 4) is 5.75 Å². The van der Waals surface area contributed by atoms with Crippen LogP contribution in [0.25, 0.3) is 10.8 Å². The molecule has 1 N–H and O–H groups in total.